The van der Waals surface area contributed by atoms with Crippen LogP contribution < -0.4 is 14.8 Å². The van der Waals surface area contributed by atoms with Gasteiger partial charge in [0.1, 0.15) is 0 Å². The summed E-state index contributed by atoms with van der Waals surface area (Å²) in [6.45, 7) is 4.17. The van der Waals surface area contributed by atoms with E-state index in [-0.39, 0.29) is 24.4 Å². The highest BCUT2D eigenvalue weighted by Gasteiger charge is 2.14. The Hall–Kier alpha value is -2.33. The summed E-state index contributed by atoms with van der Waals surface area (Å²) in [6, 6.07) is 6.17. The van der Waals surface area contributed by atoms with Crippen LogP contribution in [0.2, 0.25) is 0 Å². The van der Waals surface area contributed by atoms with Crippen molar-refractivity contribution >= 4 is 5.69 Å². The molecule has 0 aromatic heterocycles. The first kappa shape index (κ1) is 16.7. The number of nitro groups is 1. The summed E-state index contributed by atoms with van der Waals surface area (Å²) >= 11 is 0. The Kier molecular flexibility index (Phi) is 6.43. The van der Waals surface area contributed by atoms with Crippen LogP contribution in [0.5, 0.6) is 11.5 Å². The van der Waals surface area contributed by atoms with Gasteiger partial charge in [-0.2, -0.15) is 5.26 Å². The van der Waals surface area contributed by atoms with Gasteiger partial charge in [0.05, 0.1) is 36.8 Å². The zero-order valence-electron chi connectivity index (χ0n) is 12.3. The third-order valence-electron chi connectivity index (χ3n) is 2.71. The lowest BCUT2D eigenvalue weighted by molar-refractivity contribution is -0.385. The maximum absolute atomic E-state index is 10.8. The largest absolute Gasteiger partial charge is 0.493 e. The predicted octanol–water partition coefficient (Wildman–Crippen LogP) is 2.26. The molecule has 0 radical (unpaired) electrons. The SMILES string of the molecule is COc1ccc([N+](=O)[O-])cc1OCCC(C#N)NC(C)C. The average Bonchev–Trinajstić information content (AvgIpc) is 2.45. The normalized spacial score (nSPS) is 11.8. The highest BCUT2D eigenvalue weighted by Crippen LogP contribution is 2.31. The van der Waals surface area contributed by atoms with Gasteiger partial charge < -0.3 is 9.47 Å². The first-order valence-electron chi connectivity index (χ1n) is 6.58. The number of rotatable bonds is 8. The highest BCUT2D eigenvalue weighted by molar-refractivity contribution is 5.48. The minimum atomic E-state index is -0.495. The van der Waals surface area contributed by atoms with E-state index in [1.54, 1.807) is 0 Å². The number of nitro benzene ring substituents is 1. The summed E-state index contributed by atoms with van der Waals surface area (Å²) in [5.74, 6) is 0.721. The number of nitrogens with one attached hydrogen (secondary N) is 1. The van der Waals surface area contributed by atoms with E-state index < -0.39 is 4.92 Å². The Bertz CT molecular complexity index is 525. The molecule has 0 saturated heterocycles. The van der Waals surface area contributed by atoms with Gasteiger partial charge in [0.15, 0.2) is 11.5 Å². The van der Waals surface area contributed by atoms with Gasteiger partial charge in [-0.25, -0.2) is 0 Å². The van der Waals surface area contributed by atoms with Crippen LogP contribution in [0.3, 0.4) is 0 Å². The summed E-state index contributed by atoms with van der Waals surface area (Å²) in [6.07, 6.45) is 0.473. The molecule has 0 heterocycles. The number of non-ortho nitro benzene ring substituents is 1. The molecule has 0 aliphatic heterocycles. The molecule has 0 aliphatic rings. The molecule has 1 aromatic carbocycles. The third-order valence-corrected chi connectivity index (χ3v) is 2.71. The first-order valence-corrected chi connectivity index (χ1v) is 6.58. The summed E-state index contributed by atoms with van der Waals surface area (Å²) < 4.78 is 10.6. The van der Waals surface area contributed by atoms with Crippen LogP contribution in [0.25, 0.3) is 0 Å². The topological polar surface area (TPSA) is 97.4 Å². The van der Waals surface area contributed by atoms with Crippen LogP contribution in [-0.4, -0.2) is 30.7 Å². The monoisotopic (exact) mass is 293 g/mol. The molecule has 0 bridgehead atoms. The van der Waals surface area contributed by atoms with Crippen LogP contribution in [-0.2, 0) is 0 Å². The molecule has 1 unspecified atom stereocenters. The number of nitriles is 1. The molecule has 0 spiro atoms. The molecular weight excluding hydrogens is 274 g/mol. The molecule has 1 aromatic rings. The van der Waals surface area contributed by atoms with E-state index in [0.717, 1.165) is 0 Å². The van der Waals surface area contributed by atoms with E-state index in [9.17, 15) is 10.1 Å². The van der Waals surface area contributed by atoms with Crippen molar-refractivity contribution in [3.8, 4) is 17.6 Å². The summed E-state index contributed by atoms with van der Waals surface area (Å²) in [5, 5.41) is 22.9. The average molecular weight is 293 g/mol. The first-order chi connectivity index (χ1) is 9.97. The van der Waals surface area contributed by atoms with Gasteiger partial charge in [0.25, 0.3) is 5.69 Å². The lowest BCUT2D eigenvalue weighted by Gasteiger charge is -2.15. The number of methoxy groups -OCH3 is 1. The molecule has 114 valence electrons. The van der Waals surface area contributed by atoms with Crippen LogP contribution in [0.4, 0.5) is 5.69 Å². The molecule has 1 N–H and O–H groups in total. The number of benzene rings is 1. The van der Waals surface area contributed by atoms with Gasteiger partial charge in [-0.15, -0.1) is 0 Å². The molecule has 0 aliphatic carbocycles. The molecule has 21 heavy (non-hydrogen) atoms. The zero-order valence-corrected chi connectivity index (χ0v) is 12.3. The minimum Gasteiger partial charge on any atom is -0.493 e. The number of nitrogens with zero attached hydrogens (tertiary/aromatic N) is 2. The van der Waals surface area contributed by atoms with Gasteiger partial charge >= 0.3 is 0 Å². The van der Waals surface area contributed by atoms with Crippen LogP contribution >= 0.6 is 0 Å². The van der Waals surface area contributed by atoms with E-state index in [0.29, 0.717) is 17.9 Å². The highest BCUT2D eigenvalue weighted by atomic mass is 16.6. The zero-order chi connectivity index (χ0) is 15.8. The maximum Gasteiger partial charge on any atom is 0.273 e. The van der Waals surface area contributed by atoms with E-state index >= 15 is 0 Å². The Morgan fingerprint density at radius 1 is 1.43 bits per heavy atom. The molecule has 0 fully saturated rings. The quantitative estimate of drug-likeness (QED) is 0.583. The van der Waals surface area contributed by atoms with Crippen molar-refractivity contribution in [1.29, 1.82) is 5.26 Å². The Morgan fingerprint density at radius 3 is 2.67 bits per heavy atom. The second-order valence-electron chi connectivity index (χ2n) is 4.73. The molecular formula is C14H19N3O4. The third kappa shape index (κ3) is 5.28. The van der Waals surface area contributed by atoms with Gasteiger partial charge in [0, 0.05) is 18.5 Å². The summed E-state index contributed by atoms with van der Waals surface area (Å²) in [4.78, 5) is 10.3. The van der Waals surface area contributed by atoms with Crippen LogP contribution in [0, 0.1) is 21.4 Å². The second-order valence-corrected chi connectivity index (χ2v) is 4.73. The van der Waals surface area contributed by atoms with Crippen molar-refractivity contribution in [1.82, 2.24) is 5.32 Å². The fourth-order valence-electron chi connectivity index (χ4n) is 1.77. The van der Waals surface area contributed by atoms with Crippen molar-refractivity contribution in [2.24, 2.45) is 0 Å². The smallest absolute Gasteiger partial charge is 0.273 e. The van der Waals surface area contributed by atoms with Crippen molar-refractivity contribution in [3.05, 3.63) is 28.3 Å². The Balaban J connectivity index is 2.67. The van der Waals surface area contributed by atoms with E-state index in [1.165, 1.54) is 25.3 Å². The van der Waals surface area contributed by atoms with E-state index in [2.05, 4.69) is 11.4 Å². The van der Waals surface area contributed by atoms with Gasteiger partial charge in [-0.05, 0) is 19.9 Å². The van der Waals surface area contributed by atoms with Crippen molar-refractivity contribution in [2.45, 2.75) is 32.4 Å². The maximum atomic E-state index is 10.8. The minimum absolute atomic E-state index is 0.0667. The number of hydrogen-bond donors (Lipinski definition) is 1. The van der Waals surface area contributed by atoms with Gasteiger partial charge in [-0.1, -0.05) is 0 Å². The van der Waals surface area contributed by atoms with Crippen molar-refractivity contribution in [3.63, 3.8) is 0 Å². The molecule has 0 amide bonds. The van der Waals surface area contributed by atoms with Crippen LogP contribution in [0.1, 0.15) is 20.3 Å². The van der Waals surface area contributed by atoms with Crippen molar-refractivity contribution < 1.29 is 14.4 Å². The molecule has 7 nitrogen and oxygen atoms in total. The standard InChI is InChI=1S/C14H19N3O4/c1-10(2)16-11(9-15)6-7-21-14-8-12(17(18)19)4-5-13(14)20-3/h4-5,8,10-11,16H,6-7H2,1-3H3. The number of ether oxygens (including phenoxy) is 2. The fourth-order valence-corrected chi connectivity index (χ4v) is 1.77. The van der Waals surface area contributed by atoms with Gasteiger partial charge in [0.2, 0.25) is 0 Å². The summed E-state index contributed by atoms with van der Waals surface area (Å²) in [5.41, 5.74) is -0.0667. The lowest BCUT2D eigenvalue weighted by atomic mass is 10.2. The van der Waals surface area contributed by atoms with E-state index in [4.69, 9.17) is 14.7 Å². The molecule has 0 saturated carbocycles. The Labute approximate surface area is 123 Å². The van der Waals surface area contributed by atoms with Gasteiger partial charge in [-0.3, -0.25) is 15.4 Å². The number of hydrogen-bond acceptors (Lipinski definition) is 6. The molecule has 1 atom stereocenters. The van der Waals surface area contributed by atoms with E-state index in [1.807, 2.05) is 13.8 Å². The van der Waals surface area contributed by atoms with Crippen molar-refractivity contribution in [2.75, 3.05) is 13.7 Å². The summed E-state index contributed by atoms with van der Waals surface area (Å²) in [7, 11) is 1.46. The lowest BCUT2D eigenvalue weighted by Crippen LogP contribution is -2.34. The second kappa shape index (κ2) is 8.07. The fraction of sp³-hybridized carbons (Fsp3) is 0.500. The van der Waals surface area contributed by atoms with Crippen LogP contribution in [0.15, 0.2) is 18.2 Å². The molecule has 7 heteroatoms. The molecule has 1 rings (SSSR count). The predicted molar refractivity (Wildman–Crippen MR) is 77.4 cm³/mol. The Morgan fingerprint density at radius 2 is 2.14 bits per heavy atom.